The first-order valence-corrected chi connectivity index (χ1v) is 4.01. The predicted molar refractivity (Wildman–Crippen MR) is 44.5 cm³/mol. The van der Waals surface area contributed by atoms with Gasteiger partial charge in [-0.1, -0.05) is 0 Å². The highest BCUT2D eigenvalue weighted by molar-refractivity contribution is 14.1. The number of hydrogen-bond donors (Lipinski definition) is 0. The summed E-state index contributed by atoms with van der Waals surface area (Å²) in [5.74, 6) is 0.347. The first-order valence-electron chi connectivity index (χ1n) is 2.14. The minimum atomic E-state index is 0.347. The third kappa shape index (κ3) is 1.54. The minimum Gasteiger partial charge on any atom is -0.446 e. The maximum absolute atomic E-state index is 10.1. The van der Waals surface area contributed by atoms with Gasteiger partial charge in [0.15, 0.2) is 15.8 Å². The van der Waals surface area contributed by atoms with Crippen LogP contribution in [-0.2, 0) is 0 Å². The number of furan rings is 1. The van der Waals surface area contributed by atoms with Gasteiger partial charge in [-0.15, -0.1) is 0 Å². The van der Waals surface area contributed by atoms with E-state index >= 15 is 0 Å². The van der Waals surface area contributed by atoms with Crippen LogP contribution in [0.3, 0.4) is 0 Å². The maximum Gasteiger partial charge on any atom is 0.186 e. The fourth-order valence-corrected chi connectivity index (χ4v) is 1.79. The Morgan fingerprint density at radius 1 is 1.78 bits per heavy atom. The average Bonchev–Trinajstić information content (AvgIpc) is 2.10. The van der Waals surface area contributed by atoms with Crippen molar-refractivity contribution in [3.8, 4) is 0 Å². The molecular formula is C5H2BrIO2. The normalized spacial score (nSPS) is 9.56. The van der Waals surface area contributed by atoms with E-state index in [1.807, 2.05) is 22.6 Å². The number of hydrogen-bond acceptors (Lipinski definition) is 2. The van der Waals surface area contributed by atoms with E-state index in [1.165, 1.54) is 0 Å². The molecule has 0 aromatic carbocycles. The fraction of sp³-hybridized carbons (Fsp3) is 0. The Labute approximate surface area is 73.9 Å². The van der Waals surface area contributed by atoms with Gasteiger partial charge in [0, 0.05) is 6.07 Å². The smallest absolute Gasteiger partial charge is 0.186 e. The topological polar surface area (TPSA) is 30.2 Å². The molecule has 0 saturated carbocycles. The van der Waals surface area contributed by atoms with Crippen molar-refractivity contribution < 1.29 is 9.21 Å². The largest absolute Gasteiger partial charge is 0.446 e. The summed E-state index contributed by atoms with van der Waals surface area (Å²) in [6.07, 6.45) is 0.673. The Hall–Kier alpha value is 0.160. The van der Waals surface area contributed by atoms with Crippen molar-refractivity contribution in [1.29, 1.82) is 0 Å². The van der Waals surface area contributed by atoms with Gasteiger partial charge in [-0.25, -0.2) is 0 Å². The van der Waals surface area contributed by atoms with Gasteiger partial charge in [0.2, 0.25) is 0 Å². The van der Waals surface area contributed by atoms with Crippen molar-refractivity contribution in [3.63, 3.8) is 0 Å². The third-order valence-corrected chi connectivity index (χ3v) is 1.94. The Kier molecular flexibility index (Phi) is 2.29. The molecule has 0 atom stereocenters. The summed E-state index contributed by atoms with van der Waals surface area (Å²) >= 11 is 5.14. The summed E-state index contributed by atoms with van der Waals surface area (Å²) < 4.78 is 6.36. The zero-order valence-electron chi connectivity index (χ0n) is 4.23. The number of carbonyl (C=O) groups excluding carboxylic acids is 1. The standard InChI is InChI=1S/C5H2BrIO2/c6-3-1-5(7)9-4(3)2-8/h1-2H. The molecule has 0 aliphatic carbocycles. The zero-order valence-corrected chi connectivity index (χ0v) is 7.97. The molecule has 1 aromatic rings. The molecule has 0 bridgehead atoms. The monoisotopic (exact) mass is 300 g/mol. The molecule has 0 aliphatic rings. The van der Waals surface area contributed by atoms with Crippen LogP contribution in [0.2, 0.25) is 0 Å². The molecule has 0 saturated heterocycles. The van der Waals surface area contributed by atoms with Gasteiger partial charge in [-0.3, -0.25) is 4.79 Å². The molecule has 1 aromatic heterocycles. The van der Waals surface area contributed by atoms with Crippen LogP contribution in [0, 0.1) is 3.77 Å². The average molecular weight is 301 g/mol. The summed E-state index contributed by atoms with van der Waals surface area (Å²) in [4.78, 5) is 10.1. The van der Waals surface area contributed by atoms with E-state index < -0.39 is 0 Å². The molecule has 0 unspecified atom stereocenters. The summed E-state index contributed by atoms with van der Waals surface area (Å²) in [5.41, 5.74) is 0. The van der Waals surface area contributed by atoms with E-state index in [2.05, 4.69) is 15.9 Å². The molecule has 0 N–H and O–H groups in total. The van der Waals surface area contributed by atoms with Crippen LogP contribution in [-0.4, -0.2) is 6.29 Å². The van der Waals surface area contributed by atoms with Crippen molar-refractivity contribution >= 4 is 44.8 Å². The minimum absolute atomic E-state index is 0.347. The van der Waals surface area contributed by atoms with Crippen molar-refractivity contribution in [2.45, 2.75) is 0 Å². The van der Waals surface area contributed by atoms with Gasteiger partial charge in [0.25, 0.3) is 0 Å². The first kappa shape index (κ1) is 7.27. The van der Waals surface area contributed by atoms with Crippen molar-refractivity contribution in [2.24, 2.45) is 0 Å². The number of rotatable bonds is 1. The van der Waals surface area contributed by atoms with Gasteiger partial charge >= 0.3 is 0 Å². The molecule has 0 fully saturated rings. The van der Waals surface area contributed by atoms with Gasteiger partial charge in [-0.2, -0.15) is 0 Å². The van der Waals surface area contributed by atoms with Gasteiger partial charge in [-0.05, 0) is 38.5 Å². The van der Waals surface area contributed by atoms with Gasteiger partial charge in [0.1, 0.15) is 0 Å². The van der Waals surface area contributed by atoms with E-state index in [-0.39, 0.29) is 0 Å². The molecule has 1 rings (SSSR count). The fourth-order valence-electron chi connectivity index (χ4n) is 0.434. The van der Waals surface area contributed by atoms with Crippen LogP contribution in [0.1, 0.15) is 10.6 Å². The van der Waals surface area contributed by atoms with Crippen molar-refractivity contribution in [1.82, 2.24) is 0 Å². The molecule has 4 heteroatoms. The van der Waals surface area contributed by atoms with Crippen LogP contribution >= 0.6 is 38.5 Å². The lowest BCUT2D eigenvalue weighted by Gasteiger charge is -1.77. The third-order valence-electron chi connectivity index (χ3n) is 0.790. The molecule has 0 amide bonds. The number of carbonyl (C=O) groups is 1. The lowest BCUT2D eigenvalue weighted by Crippen LogP contribution is -1.70. The summed E-state index contributed by atoms with van der Waals surface area (Å²) in [5, 5.41) is 0. The molecule has 9 heavy (non-hydrogen) atoms. The van der Waals surface area contributed by atoms with Crippen LogP contribution in [0.15, 0.2) is 15.0 Å². The van der Waals surface area contributed by atoms with E-state index in [0.29, 0.717) is 20.3 Å². The van der Waals surface area contributed by atoms with E-state index in [4.69, 9.17) is 4.42 Å². The summed E-state index contributed by atoms with van der Waals surface area (Å²) in [6, 6.07) is 1.74. The molecular weight excluding hydrogens is 299 g/mol. The maximum atomic E-state index is 10.1. The van der Waals surface area contributed by atoms with Crippen molar-refractivity contribution in [2.75, 3.05) is 0 Å². The Morgan fingerprint density at radius 3 is 2.67 bits per heavy atom. The molecule has 0 radical (unpaired) electrons. The second kappa shape index (κ2) is 2.83. The van der Waals surface area contributed by atoms with Crippen LogP contribution < -0.4 is 0 Å². The quantitative estimate of drug-likeness (QED) is 0.589. The Balaban J connectivity index is 3.15. The summed E-state index contributed by atoms with van der Waals surface area (Å²) in [7, 11) is 0. The molecule has 0 spiro atoms. The van der Waals surface area contributed by atoms with Crippen molar-refractivity contribution in [3.05, 3.63) is 20.1 Å². The lowest BCUT2D eigenvalue weighted by molar-refractivity contribution is 0.109. The first-order chi connectivity index (χ1) is 4.24. The number of aldehydes is 1. The second-order valence-corrected chi connectivity index (χ2v) is 3.30. The van der Waals surface area contributed by atoms with Crippen LogP contribution in [0.5, 0.6) is 0 Å². The van der Waals surface area contributed by atoms with Crippen LogP contribution in [0.25, 0.3) is 0 Å². The lowest BCUT2D eigenvalue weighted by atomic mass is 10.5. The Morgan fingerprint density at radius 2 is 2.44 bits per heavy atom. The molecule has 0 aliphatic heterocycles. The predicted octanol–water partition coefficient (Wildman–Crippen LogP) is 2.46. The van der Waals surface area contributed by atoms with E-state index in [0.717, 1.165) is 0 Å². The summed E-state index contributed by atoms with van der Waals surface area (Å²) in [6.45, 7) is 0. The molecule has 2 nitrogen and oxygen atoms in total. The molecule has 1 heterocycles. The zero-order chi connectivity index (χ0) is 6.85. The second-order valence-electron chi connectivity index (χ2n) is 1.38. The van der Waals surface area contributed by atoms with E-state index in [9.17, 15) is 4.79 Å². The van der Waals surface area contributed by atoms with Crippen LogP contribution in [0.4, 0.5) is 0 Å². The highest BCUT2D eigenvalue weighted by Crippen LogP contribution is 2.20. The molecule has 48 valence electrons. The highest BCUT2D eigenvalue weighted by atomic mass is 127. The number of halogens is 2. The SMILES string of the molecule is O=Cc1oc(I)cc1Br. The Bertz CT molecular complexity index is 231. The van der Waals surface area contributed by atoms with Gasteiger partial charge in [0.05, 0.1) is 4.47 Å². The highest BCUT2D eigenvalue weighted by Gasteiger charge is 2.03. The van der Waals surface area contributed by atoms with E-state index in [1.54, 1.807) is 6.07 Å². The van der Waals surface area contributed by atoms with Gasteiger partial charge < -0.3 is 4.42 Å².